The molecule has 1 aromatic rings. The number of hydrogen-bond donors (Lipinski definition) is 2. The number of carbonyl (C=O) groups excluding carboxylic acids is 1. The third kappa shape index (κ3) is 6.10. The van der Waals surface area contributed by atoms with Gasteiger partial charge in [-0.25, -0.2) is 9.18 Å². The molecule has 2 N–H and O–H groups in total. The molecule has 1 amide bonds. The number of nitrogens with one attached hydrogen (secondary N) is 1. The Hall–Kier alpha value is -2.22. The van der Waals surface area contributed by atoms with Gasteiger partial charge in [-0.2, -0.15) is 0 Å². The van der Waals surface area contributed by atoms with E-state index in [0.717, 1.165) is 6.07 Å². The third-order valence-electron chi connectivity index (χ3n) is 2.10. The van der Waals surface area contributed by atoms with Gasteiger partial charge >= 0.3 is 6.09 Å². The summed E-state index contributed by atoms with van der Waals surface area (Å²) in [7, 11) is 0. The number of rotatable bonds is 2. The van der Waals surface area contributed by atoms with Crippen LogP contribution in [0.4, 0.5) is 9.18 Å². The van der Waals surface area contributed by atoms with Gasteiger partial charge in [-0.1, -0.05) is 11.8 Å². The average molecular weight is 279 g/mol. The Labute approximate surface area is 117 Å². The van der Waals surface area contributed by atoms with Crippen molar-refractivity contribution in [3.63, 3.8) is 0 Å². The number of hydrogen-bond acceptors (Lipinski definition) is 3. The number of halogens is 1. The second kappa shape index (κ2) is 6.80. The number of amides is 1. The molecule has 108 valence electrons. The van der Waals surface area contributed by atoms with Gasteiger partial charge in [0.05, 0.1) is 0 Å². The molecule has 0 saturated carbocycles. The summed E-state index contributed by atoms with van der Waals surface area (Å²) in [6.07, 6.45) is -0.0593. The Morgan fingerprint density at radius 3 is 2.75 bits per heavy atom. The predicted octanol–water partition coefficient (Wildman–Crippen LogP) is 2.80. The molecular formula is C15H18FNO3. The van der Waals surface area contributed by atoms with Crippen LogP contribution in [0.1, 0.15) is 32.8 Å². The zero-order valence-electron chi connectivity index (χ0n) is 11.8. The Morgan fingerprint density at radius 2 is 2.15 bits per heavy atom. The van der Waals surface area contributed by atoms with Crippen LogP contribution in [0.3, 0.4) is 0 Å². The second-order valence-electron chi connectivity index (χ2n) is 5.15. The number of phenols is 1. The Balaban J connectivity index is 2.36. The fraction of sp³-hybridized carbons (Fsp3) is 0.400. The first-order chi connectivity index (χ1) is 9.28. The molecule has 0 fully saturated rings. The van der Waals surface area contributed by atoms with Crippen LogP contribution in [0.15, 0.2) is 18.2 Å². The highest BCUT2D eigenvalue weighted by Crippen LogP contribution is 2.15. The first kappa shape index (κ1) is 15.8. The first-order valence-corrected chi connectivity index (χ1v) is 6.22. The van der Waals surface area contributed by atoms with Gasteiger partial charge in [0, 0.05) is 18.5 Å². The minimum Gasteiger partial charge on any atom is -0.505 e. The lowest BCUT2D eigenvalue weighted by Gasteiger charge is -2.19. The summed E-state index contributed by atoms with van der Waals surface area (Å²) >= 11 is 0. The summed E-state index contributed by atoms with van der Waals surface area (Å²) in [4.78, 5) is 11.3. The zero-order valence-corrected chi connectivity index (χ0v) is 11.8. The fourth-order valence-corrected chi connectivity index (χ4v) is 1.30. The number of carbonyl (C=O) groups is 1. The smallest absolute Gasteiger partial charge is 0.407 e. The summed E-state index contributed by atoms with van der Waals surface area (Å²) < 4.78 is 17.9. The van der Waals surface area contributed by atoms with E-state index < -0.39 is 23.3 Å². The summed E-state index contributed by atoms with van der Waals surface area (Å²) in [5.41, 5.74) is -0.0114. The van der Waals surface area contributed by atoms with Crippen LogP contribution in [0, 0.1) is 17.7 Å². The SMILES string of the molecule is CC(C)(C)OC(=O)NCCC#Cc1ccc(F)c(O)c1. The van der Waals surface area contributed by atoms with Crippen molar-refractivity contribution in [1.82, 2.24) is 5.32 Å². The molecule has 4 nitrogen and oxygen atoms in total. The molecule has 0 atom stereocenters. The van der Waals surface area contributed by atoms with Crippen molar-refractivity contribution in [1.29, 1.82) is 0 Å². The van der Waals surface area contributed by atoms with Crippen LogP contribution in [0.25, 0.3) is 0 Å². The van der Waals surface area contributed by atoms with E-state index in [2.05, 4.69) is 17.2 Å². The molecule has 0 heterocycles. The van der Waals surface area contributed by atoms with Gasteiger partial charge in [-0.15, -0.1) is 0 Å². The lowest BCUT2D eigenvalue weighted by Crippen LogP contribution is -2.32. The minimum absolute atomic E-state index is 0.356. The third-order valence-corrected chi connectivity index (χ3v) is 2.10. The highest BCUT2D eigenvalue weighted by atomic mass is 19.1. The number of benzene rings is 1. The van der Waals surface area contributed by atoms with Crippen molar-refractivity contribution < 1.29 is 19.0 Å². The highest BCUT2D eigenvalue weighted by molar-refractivity contribution is 5.67. The molecular weight excluding hydrogens is 261 g/mol. The standard InChI is InChI=1S/C15H18FNO3/c1-15(2,3)20-14(19)17-9-5-4-6-11-7-8-12(16)13(18)10-11/h7-8,10,18H,5,9H2,1-3H3,(H,17,19). The molecule has 1 rings (SSSR count). The maximum absolute atomic E-state index is 12.8. The molecule has 5 heteroatoms. The van der Waals surface area contributed by atoms with E-state index in [4.69, 9.17) is 9.84 Å². The minimum atomic E-state index is -0.679. The van der Waals surface area contributed by atoms with Crippen LogP contribution >= 0.6 is 0 Å². The Morgan fingerprint density at radius 1 is 1.45 bits per heavy atom. The van der Waals surface area contributed by atoms with Crippen LogP contribution in [0.5, 0.6) is 5.75 Å². The average Bonchev–Trinajstić information content (AvgIpc) is 2.31. The molecule has 0 spiro atoms. The van der Waals surface area contributed by atoms with Crippen LogP contribution in [-0.2, 0) is 4.74 Å². The van der Waals surface area contributed by atoms with E-state index in [-0.39, 0.29) is 0 Å². The lowest BCUT2D eigenvalue weighted by molar-refractivity contribution is 0.0529. The molecule has 0 aliphatic carbocycles. The normalized spacial score (nSPS) is 10.4. The molecule has 0 aliphatic heterocycles. The van der Waals surface area contributed by atoms with Gasteiger partial charge in [0.2, 0.25) is 0 Å². The molecule has 0 unspecified atom stereocenters. The van der Waals surface area contributed by atoms with Gasteiger partial charge in [-0.3, -0.25) is 0 Å². The van der Waals surface area contributed by atoms with E-state index >= 15 is 0 Å². The summed E-state index contributed by atoms with van der Waals surface area (Å²) in [5, 5.41) is 11.7. The Bertz CT molecular complexity index is 538. The summed E-state index contributed by atoms with van der Waals surface area (Å²) in [6.45, 7) is 5.71. The second-order valence-corrected chi connectivity index (χ2v) is 5.15. The summed E-state index contributed by atoms with van der Waals surface area (Å²) in [6, 6.07) is 3.88. The predicted molar refractivity (Wildman–Crippen MR) is 73.8 cm³/mol. The largest absolute Gasteiger partial charge is 0.505 e. The summed E-state index contributed by atoms with van der Waals surface area (Å²) in [5.74, 6) is 4.47. The quantitative estimate of drug-likeness (QED) is 0.646. The fourth-order valence-electron chi connectivity index (χ4n) is 1.30. The maximum atomic E-state index is 12.8. The number of aromatic hydroxyl groups is 1. The number of ether oxygens (including phenoxy) is 1. The molecule has 0 saturated heterocycles. The van der Waals surface area contributed by atoms with Gasteiger partial charge < -0.3 is 15.2 Å². The monoisotopic (exact) mass is 279 g/mol. The van der Waals surface area contributed by atoms with Crippen molar-refractivity contribution >= 4 is 6.09 Å². The topological polar surface area (TPSA) is 58.6 Å². The highest BCUT2D eigenvalue weighted by Gasteiger charge is 2.15. The molecule has 0 aromatic heterocycles. The van der Waals surface area contributed by atoms with Crippen molar-refractivity contribution in [2.75, 3.05) is 6.54 Å². The van der Waals surface area contributed by atoms with Gasteiger partial charge in [-0.05, 0) is 39.0 Å². The van der Waals surface area contributed by atoms with Gasteiger partial charge in [0.15, 0.2) is 11.6 Å². The van der Waals surface area contributed by atoms with Crippen LogP contribution < -0.4 is 5.32 Å². The van der Waals surface area contributed by atoms with Crippen LogP contribution in [0.2, 0.25) is 0 Å². The van der Waals surface area contributed by atoms with Crippen molar-refractivity contribution in [3.8, 4) is 17.6 Å². The maximum Gasteiger partial charge on any atom is 0.407 e. The Kier molecular flexibility index (Phi) is 5.39. The van der Waals surface area contributed by atoms with Crippen LogP contribution in [-0.4, -0.2) is 23.3 Å². The van der Waals surface area contributed by atoms with Gasteiger partial charge in [0.1, 0.15) is 5.60 Å². The van der Waals surface area contributed by atoms with Crippen molar-refractivity contribution in [2.45, 2.75) is 32.8 Å². The van der Waals surface area contributed by atoms with E-state index in [1.54, 1.807) is 20.8 Å². The van der Waals surface area contributed by atoms with Crippen molar-refractivity contribution in [2.24, 2.45) is 0 Å². The molecule has 1 aromatic carbocycles. The van der Waals surface area contributed by atoms with Gasteiger partial charge in [0.25, 0.3) is 0 Å². The van der Waals surface area contributed by atoms with E-state index in [0.29, 0.717) is 18.5 Å². The molecule has 0 bridgehead atoms. The molecule has 0 aliphatic rings. The number of alkyl carbamates (subject to hydrolysis) is 1. The molecule has 20 heavy (non-hydrogen) atoms. The lowest BCUT2D eigenvalue weighted by atomic mass is 10.2. The van der Waals surface area contributed by atoms with Crippen molar-refractivity contribution in [3.05, 3.63) is 29.6 Å². The first-order valence-electron chi connectivity index (χ1n) is 6.22. The molecule has 0 radical (unpaired) electrons. The van der Waals surface area contributed by atoms with E-state index in [9.17, 15) is 9.18 Å². The number of phenolic OH excluding ortho intramolecular Hbond substituents is 1. The zero-order chi connectivity index (χ0) is 15.2. The van der Waals surface area contributed by atoms with E-state index in [1.165, 1.54) is 12.1 Å². The van der Waals surface area contributed by atoms with E-state index in [1.807, 2.05) is 0 Å².